The van der Waals surface area contributed by atoms with E-state index in [0.29, 0.717) is 0 Å². The standard InChI is InChI=1S/C16H19NO3S/c1-12-4-6-13(7-5-12)16(17-21(3,18)19)14-8-10-15(20-2)11-9-14/h4-11,16-17H,1-3H3. The van der Waals surface area contributed by atoms with E-state index in [2.05, 4.69) is 4.72 Å². The van der Waals surface area contributed by atoms with Crippen LogP contribution in [-0.4, -0.2) is 21.8 Å². The molecule has 21 heavy (non-hydrogen) atoms. The van der Waals surface area contributed by atoms with E-state index >= 15 is 0 Å². The van der Waals surface area contributed by atoms with Crippen LogP contribution < -0.4 is 9.46 Å². The van der Waals surface area contributed by atoms with E-state index in [1.54, 1.807) is 7.11 Å². The van der Waals surface area contributed by atoms with Gasteiger partial charge in [-0.2, -0.15) is 0 Å². The van der Waals surface area contributed by atoms with Gasteiger partial charge in [0, 0.05) is 0 Å². The lowest BCUT2D eigenvalue weighted by Crippen LogP contribution is -2.28. The van der Waals surface area contributed by atoms with Crippen molar-refractivity contribution in [1.82, 2.24) is 4.72 Å². The average molecular weight is 305 g/mol. The number of methoxy groups -OCH3 is 1. The van der Waals surface area contributed by atoms with Gasteiger partial charge in [-0.25, -0.2) is 13.1 Å². The minimum atomic E-state index is -3.33. The third kappa shape index (κ3) is 4.31. The highest BCUT2D eigenvalue weighted by atomic mass is 32.2. The van der Waals surface area contributed by atoms with Gasteiger partial charge in [0.15, 0.2) is 0 Å². The number of hydrogen-bond donors (Lipinski definition) is 1. The van der Waals surface area contributed by atoms with Crippen molar-refractivity contribution in [2.75, 3.05) is 13.4 Å². The minimum absolute atomic E-state index is 0.411. The summed E-state index contributed by atoms with van der Waals surface area (Å²) in [7, 11) is -1.73. The molecule has 0 aliphatic rings. The molecular weight excluding hydrogens is 286 g/mol. The molecule has 0 radical (unpaired) electrons. The molecule has 0 spiro atoms. The molecule has 1 N–H and O–H groups in total. The monoisotopic (exact) mass is 305 g/mol. The SMILES string of the molecule is COc1ccc(C(NS(C)(=O)=O)c2ccc(C)cc2)cc1. The summed E-state index contributed by atoms with van der Waals surface area (Å²) in [5, 5.41) is 0. The molecule has 1 unspecified atom stereocenters. The lowest BCUT2D eigenvalue weighted by Gasteiger charge is -2.19. The van der Waals surface area contributed by atoms with Crippen LogP contribution in [0, 0.1) is 6.92 Å². The van der Waals surface area contributed by atoms with E-state index in [0.717, 1.165) is 28.7 Å². The van der Waals surface area contributed by atoms with Crippen LogP contribution in [0.15, 0.2) is 48.5 Å². The molecule has 0 aliphatic heterocycles. The molecule has 0 aliphatic carbocycles. The van der Waals surface area contributed by atoms with E-state index in [4.69, 9.17) is 4.74 Å². The number of hydrogen-bond acceptors (Lipinski definition) is 3. The molecule has 0 heterocycles. The van der Waals surface area contributed by atoms with Crippen molar-refractivity contribution in [2.24, 2.45) is 0 Å². The van der Waals surface area contributed by atoms with Gasteiger partial charge >= 0.3 is 0 Å². The quantitative estimate of drug-likeness (QED) is 0.924. The Kier molecular flexibility index (Phi) is 4.65. The summed E-state index contributed by atoms with van der Waals surface area (Å²) in [4.78, 5) is 0. The van der Waals surface area contributed by atoms with Crippen molar-refractivity contribution in [3.63, 3.8) is 0 Å². The largest absolute Gasteiger partial charge is 0.497 e. The van der Waals surface area contributed by atoms with Crippen LogP contribution in [0.3, 0.4) is 0 Å². The van der Waals surface area contributed by atoms with Gasteiger partial charge in [0.1, 0.15) is 5.75 Å². The van der Waals surface area contributed by atoms with Gasteiger partial charge < -0.3 is 4.74 Å². The fourth-order valence-electron chi connectivity index (χ4n) is 2.10. The molecule has 2 aromatic rings. The first kappa shape index (κ1) is 15.5. The molecule has 112 valence electrons. The second-order valence-corrected chi connectivity index (χ2v) is 6.79. The zero-order valence-electron chi connectivity index (χ0n) is 12.3. The molecule has 2 rings (SSSR count). The van der Waals surface area contributed by atoms with Gasteiger partial charge in [-0.05, 0) is 30.2 Å². The number of rotatable bonds is 5. The Hall–Kier alpha value is -1.85. The van der Waals surface area contributed by atoms with Crippen molar-refractivity contribution in [2.45, 2.75) is 13.0 Å². The van der Waals surface area contributed by atoms with Crippen molar-refractivity contribution in [3.05, 3.63) is 65.2 Å². The second-order valence-electron chi connectivity index (χ2n) is 5.01. The molecule has 0 bridgehead atoms. The van der Waals surface area contributed by atoms with Gasteiger partial charge in [0.25, 0.3) is 0 Å². The Labute approximate surface area is 125 Å². The highest BCUT2D eigenvalue weighted by molar-refractivity contribution is 7.88. The molecule has 4 nitrogen and oxygen atoms in total. The average Bonchev–Trinajstić information content (AvgIpc) is 2.45. The summed E-state index contributed by atoms with van der Waals surface area (Å²) < 4.78 is 31.1. The summed E-state index contributed by atoms with van der Waals surface area (Å²) in [6.45, 7) is 2.00. The topological polar surface area (TPSA) is 55.4 Å². The van der Waals surface area contributed by atoms with Crippen molar-refractivity contribution in [1.29, 1.82) is 0 Å². The third-order valence-corrected chi connectivity index (χ3v) is 3.86. The van der Waals surface area contributed by atoms with Crippen LogP contribution in [0.1, 0.15) is 22.7 Å². The first-order valence-corrected chi connectivity index (χ1v) is 8.46. The first-order chi connectivity index (χ1) is 9.89. The number of ether oxygens (including phenoxy) is 1. The lowest BCUT2D eigenvalue weighted by molar-refractivity contribution is 0.414. The second kappa shape index (κ2) is 6.28. The normalized spacial score (nSPS) is 12.9. The molecule has 0 amide bonds. The van der Waals surface area contributed by atoms with Gasteiger partial charge in [0.05, 0.1) is 19.4 Å². The predicted octanol–water partition coefficient (Wildman–Crippen LogP) is 2.64. The zero-order valence-corrected chi connectivity index (χ0v) is 13.1. The fourth-order valence-corrected chi connectivity index (χ4v) is 2.80. The van der Waals surface area contributed by atoms with E-state index in [9.17, 15) is 8.42 Å². The van der Waals surface area contributed by atoms with E-state index in [1.165, 1.54) is 0 Å². The molecule has 0 saturated carbocycles. The molecule has 0 aromatic heterocycles. The molecular formula is C16H19NO3S. The highest BCUT2D eigenvalue weighted by Crippen LogP contribution is 2.25. The maximum Gasteiger partial charge on any atom is 0.209 e. The number of sulfonamides is 1. The Bertz CT molecular complexity index is 691. The van der Waals surface area contributed by atoms with E-state index < -0.39 is 16.1 Å². The molecule has 0 fully saturated rings. The van der Waals surface area contributed by atoms with Gasteiger partial charge in [-0.15, -0.1) is 0 Å². The van der Waals surface area contributed by atoms with Gasteiger partial charge in [-0.3, -0.25) is 0 Å². The van der Waals surface area contributed by atoms with E-state index in [-0.39, 0.29) is 0 Å². The van der Waals surface area contributed by atoms with Crippen LogP contribution >= 0.6 is 0 Å². The van der Waals surface area contributed by atoms with Crippen molar-refractivity contribution in [3.8, 4) is 5.75 Å². The van der Waals surface area contributed by atoms with Crippen molar-refractivity contribution >= 4 is 10.0 Å². The van der Waals surface area contributed by atoms with Crippen LogP contribution in [0.2, 0.25) is 0 Å². The Balaban J connectivity index is 2.41. The zero-order chi connectivity index (χ0) is 15.5. The van der Waals surface area contributed by atoms with Crippen molar-refractivity contribution < 1.29 is 13.2 Å². The summed E-state index contributed by atoms with van der Waals surface area (Å²) in [6.07, 6.45) is 1.16. The Morgan fingerprint density at radius 2 is 1.43 bits per heavy atom. The highest BCUT2D eigenvalue weighted by Gasteiger charge is 2.18. The van der Waals surface area contributed by atoms with Crippen LogP contribution in [0.4, 0.5) is 0 Å². The number of benzene rings is 2. The molecule has 5 heteroatoms. The van der Waals surface area contributed by atoms with Crippen LogP contribution in [0.25, 0.3) is 0 Å². The van der Waals surface area contributed by atoms with Gasteiger partial charge in [0.2, 0.25) is 10.0 Å². The van der Waals surface area contributed by atoms with Crippen LogP contribution in [0.5, 0.6) is 5.75 Å². The first-order valence-electron chi connectivity index (χ1n) is 6.57. The fraction of sp³-hybridized carbons (Fsp3) is 0.250. The number of nitrogens with one attached hydrogen (secondary N) is 1. The maximum absolute atomic E-state index is 11.6. The van der Waals surface area contributed by atoms with E-state index in [1.807, 2.05) is 55.5 Å². The summed E-state index contributed by atoms with van der Waals surface area (Å²) in [5.41, 5.74) is 2.90. The third-order valence-electron chi connectivity index (χ3n) is 3.19. The summed E-state index contributed by atoms with van der Waals surface area (Å²) in [6, 6.07) is 14.8. The Morgan fingerprint density at radius 3 is 1.86 bits per heavy atom. The number of aryl methyl sites for hydroxylation is 1. The molecule has 1 atom stereocenters. The lowest BCUT2D eigenvalue weighted by atomic mass is 9.99. The Morgan fingerprint density at radius 1 is 0.952 bits per heavy atom. The predicted molar refractivity (Wildman–Crippen MR) is 84.0 cm³/mol. The molecule has 0 saturated heterocycles. The molecule has 2 aromatic carbocycles. The maximum atomic E-state index is 11.6. The summed E-state index contributed by atoms with van der Waals surface area (Å²) >= 11 is 0. The van der Waals surface area contributed by atoms with Gasteiger partial charge in [-0.1, -0.05) is 42.0 Å². The van der Waals surface area contributed by atoms with Crippen LogP contribution in [-0.2, 0) is 10.0 Å². The minimum Gasteiger partial charge on any atom is -0.497 e. The summed E-state index contributed by atoms with van der Waals surface area (Å²) in [5.74, 6) is 0.737. The smallest absolute Gasteiger partial charge is 0.209 e.